The van der Waals surface area contributed by atoms with Gasteiger partial charge in [-0.15, -0.1) is 0 Å². The summed E-state index contributed by atoms with van der Waals surface area (Å²) in [6.45, 7) is 4.86. The Morgan fingerprint density at radius 2 is 2.16 bits per heavy atom. The third-order valence-corrected chi connectivity index (χ3v) is 3.82. The molecule has 0 radical (unpaired) electrons. The van der Waals surface area contributed by atoms with E-state index in [0.29, 0.717) is 12.6 Å². The van der Waals surface area contributed by atoms with Crippen LogP contribution in [0.1, 0.15) is 51.1 Å². The lowest BCUT2D eigenvalue weighted by molar-refractivity contribution is 0.109. The first kappa shape index (κ1) is 14.4. The second-order valence-electron chi connectivity index (χ2n) is 5.38. The minimum atomic E-state index is -0.138. The molecule has 3 unspecified atom stereocenters. The number of benzene rings is 1. The maximum Gasteiger partial charge on any atom is 0.124 e. The van der Waals surface area contributed by atoms with Gasteiger partial charge < -0.3 is 15.2 Å². The molecule has 0 spiro atoms. The van der Waals surface area contributed by atoms with Gasteiger partial charge in [0.1, 0.15) is 5.75 Å². The fourth-order valence-corrected chi connectivity index (χ4v) is 2.88. The topological polar surface area (TPSA) is 41.5 Å². The quantitative estimate of drug-likeness (QED) is 0.858. The predicted octanol–water partition coefficient (Wildman–Crippen LogP) is 3.04. The summed E-state index contributed by atoms with van der Waals surface area (Å²) in [6.07, 6.45) is 3.93. The van der Waals surface area contributed by atoms with Crippen LogP contribution in [0.15, 0.2) is 24.3 Å². The highest BCUT2D eigenvalue weighted by Gasteiger charge is 2.22. The van der Waals surface area contributed by atoms with Gasteiger partial charge in [0.25, 0.3) is 0 Å². The van der Waals surface area contributed by atoms with Crippen molar-refractivity contribution in [1.29, 1.82) is 0 Å². The predicted molar refractivity (Wildman–Crippen MR) is 77.4 cm³/mol. The summed E-state index contributed by atoms with van der Waals surface area (Å²) in [7, 11) is 0. The molecule has 0 aliphatic heterocycles. The average Bonchev–Trinajstić information content (AvgIpc) is 2.39. The number of hydrogen-bond acceptors (Lipinski definition) is 3. The molecule has 1 saturated carbocycles. The number of hydrogen-bond donors (Lipinski definition) is 2. The maximum atomic E-state index is 9.74. The van der Waals surface area contributed by atoms with Gasteiger partial charge in [-0.3, -0.25) is 0 Å². The van der Waals surface area contributed by atoms with Crippen LogP contribution in [0.2, 0.25) is 0 Å². The molecule has 1 aliphatic rings. The minimum Gasteiger partial charge on any atom is -0.494 e. The molecule has 1 aromatic rings. The standard InChI is InChI=1S/C16H25NO2/c1-3-19-16-10-5-4-9-15(16)12(2)17-13-7-6-8-14(18)11-13/h4-5,9-10,12-14,17-18H,3,6-8,11H2,1-2H3. The highest BCUT2D eigenvalue weighted by molar-refractivity contribution is 5.35. The van der Waals surface area contributed by atoms with E-state index < -0.39 is 0 Å². The molecular formula is C16H25NO2. The van der Waals surface area contributed by atoms with Crippen LogP contribution in [0, 0.1) is 0 Å². The van der Waals surface area contributed by atoms with Gasteiger partial charge in [-0.1, -0.05) is 18.2 Å². The van der Waals surface area contributed by atoms with Crippen LogP contribution in [-0.4, -0.2) is 23.9 Å². The fraction of sp³-hybridized carbons (Fsp3) is 0.625. The van der Waals surface area contributed by atoms with Crippen molar-refractivity contribution in [3.05, 3.63) is 29.8 Å². The molecule has 3 nitrogen and oxygen atoms in total. The third kappa shape index (κ3) is 3.95. The first-order valence-electron chi connectivity index (χ1n) is 7.36. The van der Waals surface area contributed by atoms with E-state index in [1.807, 2.05) is 25.1 Å². The Morgan fingerprint density at radius 1 is 1.37 bits per heavy atom. The zero-order chi connectivity index (χ0) is 13.7. The lowest BCUT2D eigenvalue weighted by Crippen LogP contribution is -2.37. The number of nitrogens with one attached hydrogen (secondary N) is 1. The van der Waals surface area contributed by atoms with Crippen molar-refractivity contribution < 1.29 is 9.84 Å². The Kier molecular flexibility index (Phi) is 5.23. The summed E-state index contributed by atoms with van der Waals surface area (Å²) in [6, 6.07) is 8.85. The largest absolute Gasteiger partial charge is 0.494 e. The van der Waals surface area contributed by atoms with Crippen molar-refractivity contribution in [2.75, 3.05) is 6.61 Å². The van der Waals surface area contributed by atoms with E-state index in [9.17, 15) is 5.11 Å². The molecule has 0 amide bonds. The maximum absolute atomic E-state index is 9.74. The van der Waals surface area contributed by atoms with Crippen LogP contribution < -0.4 is 10.1 Å². The number of rotatable bonds is 5. The van der Waals surface area contributed by atoms with Gasteiger partial charge in [-0.25, -0.2) is 0 Å². The molecule has 1 aliphatic carbocycles. The van der Waals surface area contributed by atoms with E-state index in [-0.39, 0.29) is 12.1 Å². The van der Waals surface area contributed by atoms with Gasteiger partial charge in [0.2, 0.25) is 0 Å². The van der Waals surface area contributed by atoms with E-state index >= 15 is 0 Å². The number of aliphatic hydroxyl groups excluding tert-OH is 1. The monoisotopic (exact) mass is 263 g/mol. The van der Waals surface area contributed by atoms with Crippen LogP contribution in [-0.2, 0) is 0 Å². The van der Waals surface area contributed by atoms with Crippen LogP contribution >= 0.6 is 0 Å². The van der Waals surface area contributed by atoms with Crippen LogP contribution in [0.25, 0.3) is 0 Å². The molecule has 19 heavy (non-hydrogen) atoms. The van der Waals surface area contributed by atoms with Crippen LogP contribution in [0.5, 0.6) is 5.75 Å². The van der Waals surface area contributed by atoms with E-state index in [2.05, 4.69) is 18.3 Å². The molecule has 3 heteroatoms. The second-order valence-corrected chi connectivity index (χ2v) is 5.38. The van der Waals surface area contributed by atoms with Gasteiger partial charge in [-0.2, -0.15) is 0 Å². The molecule has 0 bridgehead atoms. The smallest absolute Gasteiger partial charge is 0.124 e. The van der Waals surface area contributed by atoms with E-state index in [4.69, 9.17) is 4.74 Å². The molecule has 3 atom stereocenters. The fourth-order valence-electron chi connectivity index (χ4n) is 2.88. The number of aliphatic hydroxyl groups is 1. The van der Waals surface area contributed by atoms with E-state index in [0.717, 1.165) is 31.4 Å². The van der Waals surface area contributed by atoms with E-state index in [1.165, 1.54) is 5.56 Å². The molecular weight excluding hydrogens is 238 g/mol. The normalized spacial score (nSPS) is 25.0. The number of para-hydroxylation sites is 1. The summed E-state index contributed by atoms with van der Waals surface area (Å²) < 4.78 is 5.68. The Morgan fingerprint density at radius 3 is 2.89 bits per heavy atom. The molecule has 2 rings (SSSR count). The molecule has 106 valence electrons. The Labute approximate surface area is 116 Å². The first-order valence-corrected chi connectivity index (χ1v) is 7.36. The summed E-state index contributed by atoms with van der Waals surface area (Å²) in [5, 5.41) is 13.4. The second kappa shape index (κ2) is 6.92. The first-order chi connectivity index (χ1) is 9.20. The van der Waals surface area contributed by atoms with Crippen molar-refractivity contribution >= 4 is 0 Å². The molecule has 0 aromatic heterocycles. The number of ether oxygens (including phenoxy) is 1. The van der Waals surface area contributed by atoms with Crippen LogP contribution in [0.4, 0.5) is 0 Å². The van der Waals surface area contributed by atoms with Gasteiger partial charge in [0.05, 0.1) is 12.7 Å². The van der Waals surface area contributed by atoms with Crippen molar-refractivity contribution in [1.82, 2.24) is 5.32 Å². The van der Waals surface area contributed by atoms with Gasteiger partial charge in [0, 0.05) is 17.6 Å². The summed E-state index contributed by atoms with van der Waals surface area (Å²) in [5.41, 5.74) is 1.20. The van der Waals surface area contributed by atoms with Crippen molar-refractivity contribution in [3.63, 3.8) is 0 Å². The summed E-state index contributed by atoms with van der Waals surface area (Å²) >= 11 is 0. The zero-order valence-electron chi connectivity index (χ0n) is 11.9. The summed E-state index contributed by atoms with van der Waals surface area (Å²) in [4.78, 5) is 0. The highest BCUT2D eigenvalue weighted by atomic mass is 16.5. The van der Waals surface area contributed by atoms with Crippen molar-refractivity contribution in [3.8, 4) is 5.75 Å². The molecule has 0 saturated heterocycles. The zero-order valence-corrected chi connectivity index (χ0v) is 11.9. The molecule has 1 aromatic carbocycles. The van der Waals surface area contributed by atoms with Gasteiger partial charge in [-0.05, 0) is 45.6 Å². The van der Waals surface area contributed by atoms with Crippen LogP contribution in [0.3, 0.4) is 0 Å². The Hall–Kier alpha value is -1.06. The SMILES string of the molecule is CCOc1ccccc1C(C)NC1CCCC(O)C1. The molecule has 0 heterocycles. The Balaban J connectivity index is 2.00. The lowest BCUT2D eigenvalue weighted by atomic mass is 9.92. The molecule has 2 N–H and O–H groups in total. The minimum absolute atomic E-state index is 0.138. The third-order valence-electron chi connectivity index (χ3n) is 3.82. The summed E-state index contributed by atoms with van der Waals surface area (Å²) in [5.74, 6) is 0.960. The van der Waals surface area contributed by atoms with Gasteiger partial charge >= 0.3 is 0 Å². The average molecular weight is 263 g/mol. The van der Waals surface area contributed by atoms with Crippen molar-refractivity contribution in [2.24, 2.45) is 0 Å². The van der Waals surface area contributed by atoms with E-state index in [1.54, 1.807) is 0 Å². The van der Waals surface area contributed by atoms with Crippen molar-refractivity contribution in [2.45, 2.75) is 57.7 Å². The highest BCUT2D eigenvalue weighted by Crippen LogP contribution is 2.27. The lowest BCUT2D eigenvalue weighted by Gasteiger charge is -2.30. The Bertz CT molecular complexity index is 394. The van der Waals surface area contributed by atoms with Gasteiger partial charge in [0.15, 0.2) is 0 Å². The molecule has 1 fully saturated rings.